The van der Waals surface area contributed by atoms with Gasteiger partial charge >= 0.3 is 11.9 Å². The van der Waals surface area contributed by atoms with Gasteiger partial charge in [-0.05, 0) is 164 Å². The van der Waals surface area contributed by atoms with Crippen molar-refractivity contribution in [1.82, 2.24) is 41.2 Å². The monoisotopic (exact) mass is 1550 g/mol. The van der Waals surface area contributed by atoms with E-state index in [4.69, 9.17) is 41.1 Å². The average Bonchev–Trinajstić information content (AvgIpc) is 1.79. The van der Waals surface area contributed by atoms with Gasteiger partial charge in [-0.3, -0.25) is 33.6 Å². The molecule has 10 N–H and O–H groups in total. The maximum atomic E-state index is 12.0. The summed E-state index contributed by atoms with van der Waals surface area (Å²) in [5, 5.41) is 106. The summed E-state index contributed by atoms with van der Waals surface area (Å²) in [6, 6.07) is 36.3. The van der Waals surface area contributed by atoms with Gasteiger partial charge in [0.2, 0.25) is 41.4 Å². The summed E-state index contributed by atoms with van der Waals surface area (Å²) < 4.78 is 5.73. The van der Waals surface area contributed by atoms with Crippen molar-refractivity contribution in [3.63, 3.8) is 0 Å². The van der Waals surface area contributed by atoms with Crippen molar-refractivity contribution in [3.05, 3.63) is 149 Å². The van der Waals surface area contributed by atoms with Crippen molar-refractivity contribution in [2.24, 2.45) is 0 Å². The van der Waals surface area contributed by atoms with Crippen molar-refractivity contribution in [2.75, 3.05) is 54.3 Å². The van der Waals surface area contributed by atoms with Crippen LogP contribution in [-0.4, -0.2) is 186 Å². The highest BCUT2D eigenvalue weighted by molar-refractivity contribution is 9.10. The molecule has 0 spiro atoms. The third kappa shape index (κ3) is 22.1. The number of halogens is 1. The average molecular weight is 1550 g/mol. The number of pyridine rings is 4. The number of aliphatic hydroxyl groups is 5. The van der Waals surface area contributed by atoms with E-state index in [0.717, 1.165) is 77.5 Å². The molecule has 0 aliphatic carbocycles. The molecule has 7 aliphatic rings. The number of nitriles is 4. The number of esters is 1. The molecular weight excluding hydrogens is 1470 g/mol. The minimum Gasteiger partial charge on any atom is -0.480 e. The highest BCUT2D eigenvalue weighted by atomic mass is 79.9. The van der Waals surface area contributed by atoms with E-state index in [9.17, 15) is 58.5 Å². The van der Waals surface area contributed by atoms with E-state index in [-0.39, 0.29) is 111 Å². The predicted octanol–water partition coefficient (Wildman–Crippen LogP) is 5.34. The Balaban J connectivity index is 0.000000161. The standard InChI is InChI=1S/3C15H13N3O2.C10H5BrN2.C7H11NO3.C5H7NO3.2C5H9NO2/c3*16-8-14-13-3-1-11(7-10(13)5-6-17-14)18-12(9-19)2-4-15(18)20;11-8-1-2-9-7(5-8)3-4-13-10(9)6-12;1-2-11-7(10)5-3-4-6(9)8-5;7-4-2-1-3(6-4)5(8)9;2*7-3-4-1-2-5(8)6-4/h3*1,3,5-7,12,19H,2,4,9H2;1-5H;5H,2-4H2,1H3,(H,8,9);3H,1-2H2,(H,6,7)(H,8,9);2*4,7H,1-3H2,(H,6,8)/t3*12-;;;;;/m110...../s1. The number of ether oxygens (including phenoxy) is 1. The van der Waals surface area contributed by atoms with Crippen molar-refractivity contribution >= 4 is 129 Å². The Morgan fingerprint density at radius 2 is 0.743 bits per heavy atom. The molecule has 8 aromatic rings. The zero-order valence-corrected chi connectivity index (χ0v) is 60.9. The number of fused-ring (bicyclic) bond motifs is 4. The molecule has 7 atom stereocenters. The number of aromatic nitrogens is 4. The molecule has 32 heteroatoms. The minimum absolute atomic E-state index is 0.0259. The lowest BCUT2D eigenvalue weighted by Crippen LogP contribution is -2.35. The van der Waals surface area contributed by atoms with Crippen LogP contribution in [0, 0.1) is 45.3 Å². The third-order valence-corrected chi connectivity index (χ3v) is 18.8. The first-order chi connectivity index (χ1) is 52.6. The quantitative estimate of drug-likeness (QED) is 0.0730. The summed E-state index contributed by atoms with van der Waals surface area (Å²) in [7, 11) is 0. The van der Waals surface area contributed by atoms with Crippen molar-refractivity contribution in [3.8, 4) is 24.3 Å². The third-order valence-electron chi connectivity index (χ3n) is 18.3. The number of anilines is 3. The van der Waals surface area contributed by atoms with Crippen LogP contribution in [0.4, 0.5) is 17.1 Å². The number of carboxylic acids is 1. The van der Waals surface area contributed by atoms with E-state index in [1.165, 1.54) is 0 Å². The molecule has 15 rings (SSSR count). The Morgan fingerprint density at radius 3 is 1.00 bits per heavy atom. The number of benzene rings is 4. The number of carboxylic acid groups (broad SMARTS) is 1. The van der Waals surface area contributed by atoms with Gasteiger partial charge in [0.1, 0.15) is 59.1 Å². The van der Waals surface area contributed by atoms with Crippen LogP contribution in [0.3, 0.4) is 0 Å². The first kappa shape index (κ1) is 82.6. The number of nitrogens with zero attached hydrogens (tertiary/aromatic N) is 11. The van der Waals surface area contributed by atoms with E-state index in [0.29, 0.717) is 106 Å². The molecule has 109 heavy (non-hydrogen) atoms. The molecule has 566 valence electrons. The van der Waals surface area contributed by atoms with Gasteiger partial charge in [-0.1, -0.05) is 22.0 Å². The molecule has 7 amide bonds. The van der Waals surface area contributed by atoms with Gasteiger partial charge in [-0.25, -0.2) is 29.5 Å². The lowest BCUT2D eigenvalue weighted by Gasteiger charge is -2.23. The maximum Gasteiger partial charge on any atom is 0.328 e. The first-order valence-electron chi connectivity index (χ1n) is 35.0. The van der Waals surface area contributed by atoms with E-state index >= 15 is 0 Å². The number of aliphatic hydroxyl groups excluding tert-OH is 5. The van der Waals surface area contributed by atoms with E-state index in [1.54, 1.807) is 82.8 Å². The number of amides is 7. The second-order valence-electron chi connectivity index (χ2n) is 25.5. The highest BCUT2D eigenvalue weighted by Crippen LogP contribution is 2.34. The van der Waals surface area contributed by atoms with Gasteiger partial charge < -0.3 is 71.3 Å². The number of hydrogen-bond donors (Lipinski definition) is 10. The van der Waals surface area contributed by atoms with Gasteiger partial charge in [0.05, 0.1) is 69.9 Å². The van der Waals surface area contributed by atoms with Crippen LogP contribution < -0.4 is 36.0 Å². The van der Waals surface area contributed by atoms with Crippen LogP contribution >= 0.6 is 15.9 Å². The van der Waals surface area contributed by atoms with Gasteiger partial charge in [0.25, 0.3) is 0 Å². The van der Waals surface area contributed by atoms with Crippen LogP contribution in [0.1, 0.15) is 120 Å². The van der Waals surface area contributed by atoms with Gasteiger partial charge in [0, 0.05) is 113 Å². The normalized spacial score (nSPS) is 19.9. The smallest absolute Gasteiger partial charge is 0.328 e. The number of aliphatic carboxylic acids is 1. The molecule has 0 bridgehead atoms. The topological polar surface area (TPSA) is 489 Å². The summed E-state index contributed by atoms with van der Waals surface area (Å²) in [5.41, 5.74) is 3.88. The number of nitrogens with one attached hydrogen (secondary N) is 4. The van der Waals surface area contributed by atoms with Crippen LogP contribution in [0.2, 0.25) is 0 Å². The Hall–Kier alpha value is -12.0. The van der Waals surface area contributed by atoms with E-state index in [2.05, 4.69) is 81.4 Å². The van der Waals surface area contributed by atoms with Gasteiger partial charge in [-0.15, -0.1) is 0 Å². The van der Waals surface area contributed by atoms with Crippen LogP contribution in [0.25, 0.3) is 43.1 Å². The zero-order chi connectivity index (χ0) is 78.7. The molecular formula is C77H80BrN15O16. The van der Waals surface area contributed by atoms with E-state index < -0.39 is 18.1 Å². The Morgan fingerprint density at radius 1 is 0.431 bits per heavy atom. The molecule has 4 aromatic heterocycles. The zero-order valence-electron chi connectivity index (χ0n) is 59.3. The highest BCUT2D eigenvalue weighted by Gasteiger charge is 2.35. The SMILES string of the molecule is CCOC(=O)C1CCC(=O)N1.N#Cc1nccc2cc(Br)ccc12.N#Cc1nccc2cc(N3C(=O)CC[C@@H]3CO)ccc12.N#Cc1nccc2cc(N3C(=O)CC[C@@H]3CO)ccc12.N#Cc1nccc2cc(N3C(=O)CC[C@H]3CO)ccc12.O=C1CCC(C(=O)O)N1.O=C1CCC(CO)N1.O=C1CCC(CO)N1. The molecule has 4 unspecified atom stereocenters. The van der Waals surface area contributed by atoms with E-state index in [1.807, 2.05) is 60.7 Å². The lowest BCUT2D eigenvalue weighted by atomic mass is 10.1. The summed E-state index contributed by atoms with van der Waals surface area (Å²) in [6.07, 6.45) is 14.3. The number of carbonyl (C=O) groups is 9. The summed E-state index contributed by atoms with van der Waals surface area (Å²) in [4.78, 5) is 120. The van der Waals surface area contributed by atoms with Gasteiger partial charge in [0.15, 0.2) is 0 Å². The Kier molecular flexibility index (Phi) is 30.8. The van der Waals surface area contributed by atoms with Crippen LogP contribution in [0.5, 0.6) is 0 Å². The molecule has 0 saturated carbocycles. The van der Waals surface area contributed by atoms with Crippen molar-refractivity contribution < 1.29 is 78.5 Å². The fourth-order valence-electron chi connectivity index (χ4n) is 12.7. The number of rotatable bonds is 11. The molecule has 7 fully saturated rings. The molecule has 7 saturated heterocycles. The largest absolute Gasteiger partial charge is 0.480 e. The second-order valence-corrected chi connectivity index (χ2v) is 26.4. The molecule has 0 radical (unpaired) electrons. The molecule has 11 heterocycles. The number of carbonyl (C=O) groups excluding carboxylic acids is 8. The fraction of sp³-hybridized carbons (Fsp3) is 0.364. The van der Waals surface area contributed by atoms with Crippen molar-refractivity contribution in [2.45, 2.75) is 139 Å². The Bertz CT molecular complexity index is 4520. The second kappa shape index (κ2) is 40.6. The molecule has 4 aromatic carbocycles. The van der Waals surface area contributed by atoms with Crippen LogP contribution in [0.15, 0.2) is 126 Å². The van der Waals surface area contributed by atoms with Gasteiger partial charge in [-0.2, -0.15) is 21.0 Å². The Labute approximate surface area is 633 Å². The van der Waals surface area contributed by atoms with Crippen LogP contribution in [-0.2, 0) is 47.9 Å². The number of hydrogen-bond acceptors (Lipinski definition) is 23. The summed E-state index contributed by atoms with van der Waals surface area (Å²) in [5.74, 6) is -1.30. The minimum atomic E-state index is -0.944. The lowest BCUT2D eigenvalue weighted by molar-refractivity contribution is -0.146. The summed E-state index contributed by atoms with van der Waals surface area (Å²) >= 11 is 3.38. The first-order valence-corrected chi connectivity index (χ1v) is 35.8. The molecule has 7 aliphatic heterocycles. The maximum absolute atomic E-state index is 12.0. The predicted molar refractivity (Wildman–Crippen MR) is 399 cm³/mol. The molecule has 31 nitrogen and oxygen atoms in total. The van der Waals surface area contributed by atoms with Crippen molar-refractivity contribution in [1.29, 1.82) is 21.0 Å². The summed E-state index contributed by atoms with van der Waals surface area (Å²) in [6.45, 7) is 2.15. The fourth-order valence-corrected chi connectivity index (χ4v) is 13.1.